The molecule has 0 radical (unpaired) electrons. The van der Waals surface area contributed by atoms with Crippen LogP contribution in [0.5, 0.6) is 5.75 Å². The Morgan fingerprint density at radius 2 is 2.08 bits per heavy atom. The minimum Gasteiger partial charge on any atom is -0.497 e. The van der Waals surface area contributed by atoms with Gasteiger partial charge in [-0.05, 0) is 31.0 Å². The first-order chi connectivity index (χ1) is 11.9. The Labute approximate surface area is 146 Å². The highest BCUT2D eigenvalue weighted by molar-refractivity contribution is 5.88. The lowest BCUT2D eigenvalue weighted by Gasteiger charge is -2.45. The van der Waals surface area contributed by atoms with Crippen molar-refractivity contribution in [3.05, 3.63) is 29.6 Å². The topological polar surface area (TPSA) is 70.1 Å². The molecule has 25 heavy (non-hydrogen) atoms. The fraction of sp³-hybridized carbons (Fsp3) is 0.556. The maximum Gasteiger partial charge on any atom is 0.309 e. The average Bonchev–Trinajstić information content (AvgIpc) is 2.84. The van der Waals surface area contributed by atoms with E-state index in [0.29, 0.717) is 43.8 Å². The van der Waals surface area contributed by atoms with Gasteiger partial charge < -0.3 is 14.7 Å². The summed E-state index contributed by atoms with van der Waals surface area (Å²) in [6.07, 6.45) is 1.23. The van der Waals surface area contributed by atoms with Crippen molar-refractivity contribution < 1.29 is 23.8 Å². The molecule has 0 bridgehead atoms. The lowest BCUT2D eigenvalue weighted by molar-refractivity contribution is -0.146. The van der Waals surface area contributed by atoms with Crippen molar-refractivity contribution in [2.24, 2.45) is 5.92 Å². The first kappa shape index (κ1) is 17.7. The molecule has 0 aromatic heterocycles. The summed E-state index contributed by atoms with van der Waals surface area (Å²) >= 11 is 0. The van der Waals surface area contributed by atoms with Gasteiger partial charge in [-0.2, -0.15) is 0 Å². The maximum absolute atomic E-state index is 14.0. The van der Waals surface area contributed by atoms with Crippen molar-refractivity contribution in [3.8, 4) is 5.75 Å². The Morgan fingerprint density at radius 1 is 1.40 bits per heavy atom. The van der Waals surface area contributed by atoms with Crippen molar-refractivity contribution in [2.75, 3.05) is 27.2 Å². The van der Waals surface area contributed by atoms with E-state index in [-0.39, 0.29) is 18.1 Å². The van der Waals surface area contributed by atoms with E-state index in [0.717, 1.165) is 0 Å². The van der Waals surface area contributed by atoms with Crippen LogP contribution in [0.4, 0.5) is 4.39 Å². The molecule has 2 heterocycles. The third-order valence-corrected chi connectivity index (χ3v) is 5.74. The quantitative estimate of drug-likeness (QED) is 0.896. The number of methoxy groups -OCH3 is 1. The number of carbonyl (C=O) groups excluding carboxylic acids is 1. The summed E-state index contributed by atoms with van der Waals surface area (Å²) < 4.78 is 19.2. The van der Waals surface area contributed by atoms with Gasteiger partial charge in [0.1, 0.15) is 11.6 Å². The van der Waals surface area contributed by atoms with Crippen LogP contribution in [0, 0.1) is 11.7 Å². The number of piperidine rings is 1. The van der Waals surface area contributed by atoms with Crippen molar-refractivity contribution in [1.29, 1.82) is 0 Å². The molecule has 6 nitrogen and oxygen atoms in total. The van der Waals surface area contributed by atoms with Crippen LogP contribution in [-0.2, 0) is 16.1 Å². The number of halogens is 1. The third-order valence-electron chi connectivity index (χ3n) is 5.74. The van der Waals surface area contributed by atoms with Crippen LogP contribution < -0.4 is 4.74 Å². The van der Waals surface area contributed by atoms with Crippen LogP contribution in [0.2, 0.25) is 0 Å². The van der Waals surface area contributed by atoms with Crippen LogP contribution in [0.15, 0.2) is 18.2 Å². The largest absolute Gasteiger partial charge is 0.497 e. The van der Waals surface area contributed by atoms with Gasteiger partial charge in [0, 0.05) is 38.7 Å². The highest BCUT2D eigenvalue weighted by Crippen LogP contribution is 2.43. The molecular formula is C18H23FN2O4. The Kier molecular flexibility index (Phi) is 4.69. The lowest BCUT2D eigenvalue weighted by atomic mass is 9.77. The second-order valence-electron chi connectivity index (χ2n) is 6.88. The third kappa shape index (κ3) is 3.08. The fourth-order valence-electron chi connectivity index (χ4n) is 4.12. The first-order valence-corrected chi connectivity index (χ1v) is 8.41. The van der Waals surface area contributed by atoms with Crippen molar-refractivity contribution in [3.63, 3.8) is 0 Å². The zero-order valence-corrected chi connectivity index (χ0v) is 14.5. The van der Waals surface area contributed by atoms with Gasteiger partial charge in [-0.25, -0.2) is 4.39 Å². The van der Waals surface area contributed by atoms with E-state index in [9.17, 15) is 19.1 Å². The molecule has 2 saturated heterocycles. The second-order valence-corrected chi connectivity index (χ2v) is 6.88. The summed E-state index contributed by atoms with van der Waals surface area (Å²) in [5.74, 6) is -1.36. The molecule has 1 aromatic rings. The number of amides is 1. The Hall–Kier alpha value is -2.15. The molecule has 0 aliphatic carbocycles. The molecule has 2 fully saturated rings. The van der Waals surface area contributed by atoms with E-state index >= 15 is 0 Å². The van der Waals surface area contributed by atoms with Crippen molar-refractivity contribution in [2.45, 2.75) is 31.3 Å². The number of benzene rings is 1. The minimum atomic E-state index is -0.912. The number of hydrogen-bond acceptors (Lipinski definition) is 4. The van der Waals surface area contributed by atoms with E-state index in [1.165, 1.54) is 6.07 Å². The lowest BCUT2D eigenvalue weighted by Crippen LogP contribution is -2.55. The molecule has 0 saturated carbocycles. The monoisotopic (exact) mass is 350 g/mol. The van der Waals surface area contributed by atoms with Crippen LogP contribution in [0.3, 0.4) is 0 Å². The number of hydrogen-bond donors (Lipinski definition) is 1. The molecule has 1 aromatic carbocycles. The highest BCUT2D eigenvalue weighted by Gasteiger charge is 2.55. The van der Waals surface area contributed by atoms with Gasteiger partial charge in [-0.1, -0.05) is 0 Å². The van der Waals surface area contributed by atoms with Gasteiger partial charge in [-0.15, -0.1) is 0 Å². The van der Waals surface area contributed by atoms with E-state index in [1.807, 2.05) is 0 Å². The molecule has 2 aliphatic rings. The van der Waals surface area contributed by atoms with Crippen molar-refractivity contribution >= 4 is 11.9 Å². The van der Waals surface area contributed by atoms with Gasteiger partial charge >= 0.3 is 5.97 Å². The predicted molar refractivity (Wildman–Crippen MR) is 88.7 cm³/mol. The standard InChI is InChI=1S/C18H23FN2O4/c1-20-16(22)10-14(17(23)24)18(20)5-7-21(8-6-18)11-12-9-13(25-2)3-4-15(12)19/h3-4,9,14H,5-8,10-11H2,1-2H3,(H,23,24)/t14-/m1/s1. The second kappa shape index (κ2) is 6.63. The minimum absolute atomic E-state index is 0.0658. The normalized spacial score (nSPS) is 23.2. The Morgan fingerprint density at radius 3 is 2.68 bits per heavy atom. The van der Waals surface area contributed by atoms with E-state index in [1.54, 1.807) is 31.2 Å². The number of rotatable bonds is 4. The molecule has 1 amide bonds. The van der Waals surface area contributed by atoms with Crippen LogP contribution >= 0.6 is 0 Å². The summed E-state index contributed by atoms with van der Waals surface area (Å²) in [7, 11) is 3.24. The van der Waals surface area contributed by atoms with Crippen LogP contribution in [-0.4, -0.2) is 59.6 Å². The number of likely N-dealkylation sites (tertiary alicyclic amines) is 2. The molecule has 1 atom stereocenters. The summed E-state index contributed by atoms with van der Waals surface area (Å²) in [6.45, 7) is 1.69. The Balaban J connectivity index is 1.71. The first-order valence-electron chi connectivity index (χ1n) is 8.41. The summed E-state index contributed by atoms with van der Waals surface area (Å²) in [6, 6.07) is 4.66. The number of aliphatic carboxylic acids is 1. The number of nitrogens with zero attached hydrogens (tertiary/aromatic N) is 2. The summed E-state index contributed by atoms with van der Waals surface area (Å²) in [5.41, 5.74) is -0.0623. The average molecular weight is 350 g/mol. The summed E-state index contributed by atoms with van der Waals surface area (Å²) in [5, 5.41) is 9.51. The van der Waals surface area contributed by atoms with E-state index in [4.69, 9.17) is 4.74 Å². The highest BCUT2D eigenvalue weighted by atomic mass is 19.1. The molecule has 136 valence electrons. The zero-order chi connectivity index (χ0) is 18.2. The summed E-state index contributed by atoms with van der Waals surface area (Å²) in [4.78, 5) is 27.3. The van der Waals surface area contributed by atoms with Gasteiger partial charge in [0.2, 0.25) is 5.91 Å². The smallest absolute Gasteiger partial charge is 0.309 e. The Bertz CT molecular complexity index is 686. The van der Waals surface area contributed by atoms with Crippen LogP contribution in [0.1, 0.15) is 24.8 Å². The zero-order valence-electron chi connectivity index (χ0n) is 14.5. The van der Waals surface area contributed by atoms with Gasteiger partial charge in [-0.3, -0.25) is 14.5 Å². The number of carbonyl (C=O) groups is 2. The van der Waals surface area contributed by atoms with Gasteiger partial charge in [0.15, 0.2) is 0 Å². The molecule has 7 heteroatoms. The number of carboxylic acids is 1. The number of ether oxygens (including phenoxy) is 1. The van der Waals surface area contributed by atoms with Gasteiger partial charge in [0.25, 0.3) is 0 Å². The van der Waals surface area contributed by atoms with E-state index in [2.05, 4.69) is 4.90 Å². The molecular weight excluding hydrogens is 327 g/mol. The predicted octanol–water partition coefficient (Wildman–Crippen LogP) is 1.73. The molecule has 1 spiro atoms. The van der Waals surface area contributed by atoms with Gasteiger partial charge in [0.05, 0.1) is 18.6 Å². The molecule has 2 aliphatic heterocycles. The van der Waals surface area contributed by atoms with Crippen LogP contribution in [0.25, 0.3) is 0 Å². The molecule has 1 N–H and O–H groups in total. The van der Waals surface area contributed by atoms with Crippen molar-refractivity contribution in [1.82, 2.24) is 9.80 Å². The maximum atomic E-state index is 14.0. The molecule has 0 unspecified atom stereocenters. The molecule has 3 rings (SSSR count). The fourth-order valence-corrected chi connectivity index (χ4v) is 4.12. The SMILES string of the molecule is COc1ccc(F)c(CN2CCC3(CC2)[C@@H](C(=O)O)CC(=O)N3C)c1. The number of carboxylic acid groups (broad SMARTS) is 1. The van der Waals surface area contributed by atoms with E-state index < -0.39 is 17.4 Å².